The van der Waals surface area contributed by atoms with Crippen molar-refractivity contribution in [1.82, 2.24) is 4.90 Å². The highest BCUT2D eigenvalue weighted by atomic mass is 16.5. The molecule has 2 atom stereocenters. The van der Waals surface area contributed by atoms with Crippen LogP contribution >= 0.6 is 0 Å². The summed E-state index contributed by atoms with van der Waals surface area (Å²) < 4.78 is 5.09. The zero-order chi connectivity index (χ0) is 14.5. The maximum absolute atomic E-state index is 12.2. The quantitative estimate of drug-likeness (QED) is 0.889. The van der Waals surface area contributed by atoms with Crippen molar-refractivity contribution in [2.75, 3.05) is 32.1 Å². The smallest absolute Gasteiger partial charge is 0.321 e. The number of carbonyl (C=O) groups excluding carboxylic acids is 1. The number of likely N-dealkylation sites (tertiary alicyclic amines) is 1. The molecule has 1 fully saturated rings. The molecule has 0 spiro atoms. The molecule has 2 amide bonds. The molecule has 3 N–H and O–H groups in total. The lowest BCUT2D eigenvalue weighted by molar-refractivity contribution is 0.149. The van der Waals surface area contributed by atoms with Crippen LogP contribution in [0.3, 0.4) is 0 Å². The first-order chi connectivity index (χ1) is 9.63. The molecule has 1 aliphatic heterocycles. The van der Waals surface area contributed by atoms with Gasteiger partial charge < -0.3 is 20.7 Å². The Morgan fingerprint density at radius 3 is 2.75 bits per heavy atom. The van der Waals surface area contributed by atoms with Crippen LogP contribution in [-0.4, -0.2) is 37.7 Å². The van der Waals surface area contributed by atoms with Crippen molar-refractivity contribution in [1.29, 1.82) is 0 Å². The average molecular weight is 277 g/mol. The summed E-state index contributed by atoms with van der Waals surface area (Å²) in [5.74, 6) is 1.76. The van der Waals surface area contributed by atoms with Gasteiger partial charge in [-0.2, -0.15) is 0 Å². The van der Waals surface area contributed by atoms with E-state index in [1.807, 2.05) is 29.2 Å². The van der Waals surface area contributed by atoms with Crippen LogP contribution in [0.5, 0.6) is 5.75 Å². The summed E-state index contributed by atoms with van der Waals surface area (Å²) in [4.78, 5) is 14.1. The van der Waals surface area contributed by atoms with Gasteiger partial charge in [0.1, 0.15) is 5.75 Å². The van der Waals surface area contributed by atoms with E-state index in [0.29, 0.717) is 18.4 Å². The SMILES string of the molecule is COc1ccc(NC(=O)N2CCC(C)C(CN)C2)cc1. The molecule has 5 nitrogen and oxygen atoms in total. The van der Waals surface area contributed by atoms with Gasteiger partial charge >= 0.3 is 6.03 Å². The second kappa shape index (κ2) is 6.61. The first-order valence-electron chi connectivity index (χ1n) is 7.04. The number of nitrogens with one attached hydrogen (secondary N) is 1. The molecule has 2 unspecified atom stereocenters. The minimum atomic E-state index is -0.0551. The standard InChI is InChI=1S/C15H23N3O2/c1-11-7-8-18(10-12(11)9-16)15(19)17-13-3-5-14(20-2)6-4-13/h3-6,11-12H,7-10,16H2,1-2H3,(H,17,19). The van der Waals surface area contributed by atoms with Crippen molar-refractivity contribution >= 4 is 11.7 Å². The third-order valence-corrected chi connectivity index (χ3v) is 4.05. The maximum Gasteiger partial charge on any atom is 0.321 e. The van der Waals surface area contributed by atoms with Crippen molar-refractivity contribution in [3.05, 3.63) is 24.3 Å². The number of piperidine rings is 1. The Kier molecular flexibility index (Phi) is 4.84. The molecule has 1 aromatic carbocycles. The number of benzene rings is 1. The number of carbonyl (C=O) groups is 1. The molecule has 0 aromatic heterocycles. The van der Waals surface area contributed by atoms with E-state index in [1.165, 1.54) is 0 Å². The minimum Gasteiger partial charge on any atom is -0.497 e. The number of amides is 2. The van der Waals surface area contributed by atoms with Gasteiger partial charge in [0.2, 0.25) is 0 Å². The fourth-order valence-electron chi connectivity index (χ4n) is 2.52. The average Bonchev–Trinajstić information content (AvgIpc) is 2.48. The number of rotatable bonds is 3. The van der Waals surface area contributed by atoms with Crippen molar-refractivity contribution in [3.63, 3.8) is 0 Å². The van der Waals surface area contributed by atoms with E-state index in [0.717, 1.165) is 30.9 Å². The van der Waals surface area contributed by atoms with Gasteiger partial charge in [-0.25, -0.2) is 4.79 Å². The number of methoxy groups -OCH3 is 1. The Balaban J connectivity index is 1.94. The van der Waals surface area contributed by atoms with E-state index in [9.17, 15) is 4.79 Å². The third kappa shape index (κ3) is 3.42. The van der Waals surface area contributed by atoms with Gasteiger partial charge in [-0.05, 0) is 49.1 Å². The van der Waals surface area contributed by atoms with Crippen molar-refractivity contribution in [2.45, 2.75) is 13.3 Å². The summed E-state index contributed by atoms with van der Waals surface area (Å²) in [6.45, 7) is 4.36. The van der Waals surface area contributed by atoms with E-state index in [-0.39, 0.29) is 6.03 Å². The fraction of sp³-hybridized carbons (Fsp3) is 0.533. The predicted molar refractivity (Wildman–Crippen MR) is 79.9 cm³/mol. The maximum atomic E-state index is 12.2. The summed E-state index contributed by atoms with van der Waals surface area (Å²) in [6, 6.07) is 7.28. The number of ether oxygens (including phenoxy) is 1. The van der Waals surface area contributed by atoms with E-state index < -0.39 is 0 Å². The minimum absolute atomic E-state index is 0.0551. The molecular formula is C15H23N3O2. The number of nitrogens with two attached hydrogens (primary N) is 1. The molecule has 5 heteroatoms. The molecule has 110 valence electrons. The Morgan fingerprint density at radius 1 is 1.45 bits per heavy atom. The lowest BCUT2D eigenvalue weighted by Crippen LogP contribution is -2.47. The van der Waals surface area contributed by atoms with Gasteiger partial charge in [-0.3, -0.25) is 0 Å². The largest absolute Gasteiger partial charge is 0.497 e. The van der Waals surface area contributed by atoms with Crippen molar-refractivity contribution in [2.24, 2.45) is 17.6 Å². The summed E-state index contributed by atoms with van der Waals surface area (Å²) in [5, 5.41) is 2.91. The lowest BCUT2D eigenvalue weighted by atomic mass is 9.87. The number of urea groups is 1. The highest BCUT2D eigenvalue weighted by molar-refractivity contribution is 5.89. The Morgan fingerprint density at radius 2 is 2.15 bits per heavy atom. The number of hydrogen-bond donors (Lipinski definition) is 2. The fourth-order valence-corrected chi connectivity index (χ4v) is 2.52. The zero-order valence-electron chi connectivity index (χ0n) is 12.1. The van der Waals surface area contributed by atoms with Crippen molar-refractivity contribution in [3.8, 4) is 5.75 Å². The van der Waals surface area contributed by atoms with Crippen LogP contribution < -0.4 is 15.8 Å². The van der Waals surface area contributed by atoms with E-state index in [4.69, 9.17) is 10.5 Å². The summed E-state index contributed by atoms with van der Waals surface area (Å²) >= 11 is 0. The van der Waals surface area contributed by atoms with Gasteiger partial charge in [0.05, 0.1) is 7.11 Å². The zero-order valence-corrected chi connectivity index (χ0v) is 12.1. The molecule has 1 aliphatic rings. The molecule has 1 aromatic rings. The molecule has 0 aliphatic carbocycles. The molecular weight excluding hydrogens is 254 g/mol. The van der Waals surface area contributed by atoms with Gasteiger partial charge in [-0.1, -0.05) is 6.92 Å². The van der Waals surface area contributed by atoms with E-state index >= 15 is 0 Å². The highest BCUT2D eigenvalue weighted by Gasteiger charge is 2.27. The summed E-state index contributed by atoms with van der Waals surface area (Å²) in [5.41, 5.74) is 6.54. The predicted octanol–water partition coefficient (Wildman–Crippen LogP) is 2.14. The molecule has 1 saturated heterocycles. The number of nitrogens with zero attached hydrogens (tertiary/aromatic N) is 1. The Hall–Kier alpha value is -1.75. The molecule has 0 radical (unpaired) electrons. The van der Waals surface area contributed by atoms with Crippen LogP contribution in [0.4, 0.5) is 10.5 Å². The topological polar surface area (TPSA) is 67.6 Å². The van der Waals surface area contributed by atoms with Crippen LogP contribution in [0.25, 0.3) is 0 Å². The summed E-state index contributed by atoms with van der Waals surface area (Å²) in [6.07, 6.45) is 1.01. The first kappa shape index (κ1) is 14.7. The van der Waals surface area contributed by atoms with Crippen LogP contribution in [-0.2, 0) is 0 Å². The molecule has 1 heterocycles. The molecule has 2 rings (SSSR count). The van der Waals surface area contributed by atoms with Crippen LogP contribution in [0.1, 0.15) is 13.3 Å². The normalized spacial score (nSPS) is 22.4. The van der Waals surface area contributed by atoms with E-state index in [2.05, 4.69) is 12.2 Å². The van der Waals surface area contributed by atoms with Crippen LogP contribution in [0.15, 0.2) is 24.3 Å². The van der Waals surface area contributed by atoms with E-state index in [1.54, 1.807) is 7.11 Å². The lowest BCUT2D eigenvalue weighted by Gasteiger charge is -2.36. The summed E-state index contributed by atoms with van der Waals surface area (Å²) in [7, 11) is 1.62. The van der Waals surface area contributed by atoms with Crippen LogP contribution in [0, 0.1) is 11.8 Å². The van der Waals surface area contributed by atoms with Gasteiger partial charge in [0.25, 0.3) is 0 Å². The van der Waals surface area contributed by atoms with Gasteiger partial charge in [0, 0.05) is 18.8 Å². The second-order valence-electron chi connectivity index (χ2n) is 5.37. The first-order valence-corrected chi connectivity index (χ1v) is 7.04. The van der Waals surface area contributed by atoms with Gasteiger partial charge in [-0.15, -0.1) is 0 Å². The van der Waals surface area contributed by atoms with Crippen LogP contribution in [0.2, 0.25) is 0 Å². The third-order valence-electron chi connectivity index (χ3n) is 4.05. The number of anilines is 1. The second-order valence-corrected chi connectivity index (χ2v) is 5.37. The Labute approximate surface area is 120 Å². The highest BCUT2D eigenvalue weighted by Crippen LogP contribution is 2.23. The van der Waals surface area contributed by atoms with Gasteiger partial charge in [0.15, 0.2) is 0 Å². The molecule has 20 heavy (non-hydrogen) atoms. The number of hydrogen-bond acceptors (Lipinski definition) is 3. The van der Waals surface area contributed by atoms with Crippen molar-refractivity contribution < 1.29 is 9.53 Å². The Bertz CT molecular complexity index is 447. The molecule has 0 bridgehead atoms. The monoisotopic (exact) mass is 277 g/mol. The molecule has 0 saturated carbocycles.